The molecule has 2 amide bonds. The molecule has 4 rings (SSSR count). The van der Waals surface area contributed by atoms with E-state index in [1.807, 2.05) is 0 Å². The number of nitrogens with zero attached hydrogens (tertiary/aromatic N) is 1. The van der Waals surface area contributed by atoms with E-state index in [4.69, 9.17) is 11.6 Å². The Labute approximate surface area is 212 Å². The van der Waals surface area contributed by atoms with Crippen LogP contribution in [0.3, 0.4) is 0 Å². The van der Waals surface area contributed by atoms with E-state index >= 15 is 0 Å². The Morgan fingerprint density at radius 2 is 1.71 bits per heavy atom. The van der Waals surface area contributed by atoms with E-state index < -0.39 is 22.7 Å². The molecule has 0 aliphatic carbocycles. The van der Waals surface area contributed by atoms with Gasteiger partial charge in [-0.15, -0.1) is 0 Å². The minimum Gasteiger partial charge on any atom is -0.322 e. The first-order valence-electron chi connectivity index (χ1n) is 11.3. The van der Waals surface area contributed by atoms with Crippen LogP contribution in [0, 0.1) is 5.82 Å². The highest BCUT2D eigenvalue weighted by Gasteiger charge is 2.22. The van der Waals surface area contributed by atoms with Crippen molar-refractivity contribution >= 4 is 51.5 Å². The zero-order chi connectivity index (χ0) is 25.4. The predicted octanol–water partition coefficient (Wildman–Crippen LogP) is 6.27. The van der Waals surface area contributed by atoms with Crippen LogP contribution in [-0.4, -0.2) is 28.3 Å². The molecule has 0 saturated carbocycles. The lowest BCUT2D eigenvalue weighted by Gasteiger charge is -2.16. The van der Waals surface area contributed by atoms with Crippen molar-refractivity contribution in [3.8, 4) is 0 Å². The van der Waals surface area contributed by atoms with Gasteiger partial charge < -0.3 is 10.6 Å². The fraction of sp³-hybridized carbons (Fsp3) is 0.231. The number of hydrogen-bond donors (Lipinski definition) is 2. The van der Waals surface area contributed by atoms with Crippen LogP contribution >= 0.6 is 11.6 Å². The van der Waals surface area contributed by atoms with E-state index in [2.05, 4.69) is 24.5 Å². The van der Waals surface area contributed by atoms with Crippen molar-refractivity contribution in [3.63, 3.8) is 0 Å². The van der Waals surface area contributed by atoms with Crippen LogP contribution in [0.4, 0.5) is 21.5 Å². The summed E-state index contributed by atoms with van der Waals surface area (Å²) in [5.74, 6) is -1.17. The number of carbonyl (C=O) groups excluding carboxylic acids is 2. The average Bonchev–Trinajstić information content (AvgIpc) is 3.28. The number of halogens is 2. The largest absolute Gasteiger partial charge is 0.322 e. The minimum absolute atomic E-state index is 0.149. The molecular formula is C26H27ClFN3O3S. The van der Waals surface area contributed by atoms with Gasteiger partial charge in [0.05, 0.1) is 22.0 Å². The monoisotopic (exact) mass is 515 g/mol. The summed E-state index contributed by atoms with van der Waals surface area (Å²) in [6.45, 7) is 4.83. The van der Waals surface area contributed by atoms with E-state index in [1.54, 1.807) is 46.8 Å². The van der Waals surface area contributed by atoms with Crippen molar-refractivity contribution in [1.29, 1.82) is 0 Å². The topological polar surface area (TPSA) is 78.5 Å². The molecule has 1 atom stereocenters. The molecule has 0 aromatic heterocycles. The third-order valence-electron chi connectivity index (χ3n) is 4.92. The van der Waals surface area contributed by atoms with Crippen LogP contribution in [-0.2, 0) is 11.0 Å². The molecule has 2 N–H and O–H groups in total. The van der Waals surface area contributed by atoms with Gasteiger partial charge in [0.2, 0.25) is 0 Å². The molecule has 1 aliphatic heterocycles. The van der Waals surface area contributed by atoms with Gasteiger partial charge in [0.1, 0.15) is 16.8 Å². The van der Waals surface area contributed by atoms with E-state index in [-0.39, 0.29) is 11.5 Å². The molecule has 1 unspecified atom stereocenters. The van der Waals surface area contributed by atoms with Crippen molar-refractivity contribution in [1.82, 2.24) is 0 Å². The Bertz CT molecular complexity index is 1220. The number of hydrogen-bond acceptors (Lipinski definition) is 3. The molecule has 1 saturated heterocycles. The van der Waals surface area contributed by atoms with E-state index in [9.17, 15) is 18.2 Å². The minimum atomic E-state index is -1.17. The van der Waals surface area contributed by atoms with Gasteiger partial charge >= 0.3 is 0 Å². The lowest BCUT2D eigenvalue weighted by atomic mass is 10.1. The summed E-state index contributed by atoms with van der Waals surface area (Å²) < 4.78 is 28.2. The Balaban J connectivity index is 0.00000108. The number of anilines is 3. The zero-order valence-electron chi connectivity index (χ0n) is 19.5. The molecule has 6 nitrogen and oxygen atoms in total. The van der Waals surface area contributed by atoms with Gasteiger partial charge in [-0.3, -0.25) is 13.9 Å². The van der Waals surface area contributed by atoms with Gasteiger partial charge in [0.15, 0.2) is 0 Å². The Kier molecular flexibility index (Phi) is 9.39. The summed E-state index contributed by atoms with van der Waals surface area (Å²) in [6.07, 6.45) is 2.02. The predicted molar refractivity (Wildman–Crippen MR) is 141 cm³/mol. The molecule has 0 spiro atoms. The summed E-state index contributed by atoms with van der Waals surface area (Å²) in [5.41, 5.74) is 1.44. The lowest BCUT2D eigenvalue weighted by Crippen LogP contribution is -2.20. The second-order valence-electron chi connectivity index (χ2n) is 7.82. The smallest absolute Gasteiger partial charge is 0.258 e. The van der Waals surface area contributed by atoms with Crippen molar-refractivity contribution < 1.29 is 18.2 Å². The maximum atomic E-state index is 14.6. The van der Waals surface area contributed by atoms with Gasteiger partial charge in [-0.2, -0.15) is 0 Å². The quantitative estimate of drug-likeness (QED) is 0.420. The van der Waals surface area contributed by atoms with Gasteiger partial charge in [-0.05, 0) is 55.0 Å². The SMILES string of the molecule is CCC.O=C(Nc1cc(NC(=O)c2ccc(N3CCCS3=O)cc2F)ccc1Cl)c1ccccc1. The number of benzene rings is 3. The Hall–Kier alpha value is -3.23. The molecule has 1 fully saturated rings. The third kappa shape index (κ3) is 6.90. The molecule has 3 aromatic rings. The Morgan fingerprint density at radius 3 is 2.34 bits per heavy atom. The second kappa shape index (κ2) is 12.5. The van der Waals surface area contributed by atoms with Gasteiger partial charge in [0, 0.05) is 23.5 Å². The van der Waals surface area contributed by atoms with Crippen molar-refractivity contribution in [2.24, 2.45) is 0 Å². The molecule has 0 bridgehead atoms. The summed E-state index contributed by atoms with van der Waals surface area (Å²) in [5, 5.41) is 5.61. The highest BCUT2D eigenvalue weighted by molar-refractivity contribution is 7.86. The summed E-state index contributed by atoms with van der Waals surface area (Å²) >= 11 is 6.18. The summed E-state index contributed by atoms with van der Waals surface area (Å²) in [4.78, 5) is 25.0. The first-order chi connectivity index (χ1) is 16.8. The van der Waals surface area contributed by atoms with Crippen molar-refractivity contribution in [3.05, 3.63) is 88.7 Å². The van der Waals surface area contributed by atoms with Crippen molar-refractivity contribution in [2.45, 2.75) is 26.7 Å². The van der Waals surface area contributed by atoms with Crippen LogP contribution in [0.5, 0.6) is 0 Å². The molecule has 35 heavy (non-hydrogen) atoms. The fourth-order valence-electron chi connectivity index (χ4n) is 3.31. The highest BCUT2D eigenvalue weighted by Crippen LogP contribution is 2.28. The average molecular weight is 516 g/mol. The maximum absolute atomic E-state index is 14.6. The van der Waals surface area contributed by atoms with Crippen LogP contribution in [0.15, 0.2) is 66.7 Å². The van der Waals surface area contributed by atoms with Gasteiger partial charge in [-0.1, -0.05) is 50.1 Å². The molecule has 1 aliphatic rings. The maximum Gasteiger partial charge on any atom is 0.258 e. The zero-order valence-corrected chi connectivity index (χ0v) is 21.1. The van der Waals surface area contributed by atoms with Crippen LogP contribution in [0.25, 0.3) is 0 Å². The first-order valence-corrected chi connectivity index (χ1v) is 12.9. The summed E-state index contributed by atoms with van der Waals surface area (Å²) in [6, 6.07) is 17.4. The Morgan fingerprint density at radius 1 is 1.00 bits per heavy atom. The van der Waals surface area contributed by atoms with Crippen LogP contribution in [0.2, 0.25) is 5.02 Å². The van der Waals surface area contributed by atoms with Crippen LogP contribution < -0.4 is 14.9 Å². The molecule has 9 heteroatoms. The molecule has 0 radical (unpaired) electrons. The molecule has 1 heterocycles. The van der Waals surface area contributed by atoms with Crippen molar-refractivity contribution in [2.75, 3.05) is 27.2 Å². The molecular weight excluding hydrogens is 489 g/mol. The number of carbonyl (C=O) groups is 2. The fourth-order valence-corrected chi connectivity index (χ4v) is 4.76. The van der Waals surface area contributed by atoms with Gasteiger partial charge in [-0.25, -0.2) is 8.60 Å². The normalized spacial score (nSPS) is 14.6. The molecule has 3 aromatic carbocycles. The number of nitrogens with one attached hydrogen (secondary N) is 2. The van der Waals surface area contributed by atoms with E-state index in [0.717, 1.165) is 6.42 Å². The first kappa shape index (κ1) is 26.4. The number of amides is 2. The van der Waals surface area contributed by atoms with E-state index in [1.165, 1.54) is 30.7 Å². The van der Waals surface area contributed by atoms with E-state index in [0.29, 0.717) is 39.9 Å². The highest BCUT2D eigenvalue weighted by atomic mass is 35.5. The number of rotatable bonds is 5. The van der Waals surface area contributed by atoms with Gasteiger partial charge in [0.25, 0.3) is 11.8 Å². The third-order valence-corrected chi connectivity index (χ3v) is 6.77. The molecule has 184 valence electrons. The van der Waals surface area contributed by atoms with Crippen LogP contribution in [0.1, 0.15) is 47.4 Å². The summed E-state index contributed by atoms with van der Waals surface area (Å²) in [7, 11) is -1.17. The second-order valence-corrected chi connectivity index (χ2v) is 9.72. The standard InChI is InChI=1S/C23H19ClFN3O3S.C3H8/c24-19-10-7-16(13-21(19)27-22(29)15-5-2-1-3-6-15)26-23(30)18-9-8-17(14-20(18)25)28-11-4-12-32(28)31;1-3-2/h1-3,5-10,13-14H,4,11-12H2,(H,26,30)(H,27,29);3H2,1-2H3. The lowest BCUT2D eigenvalue weighted by molar-refractivity contribution is 0.101.